The summed E-state index contributed by atoms with van der Waals surface area (Å²) in [5, 5.41) is 20.3. The minimum atomic E-state index is -0.524. The number of fused-ring (bicyclic) bond motifs is 3. The van der Waals surface area contributed by atoms with Crippen LogP contribution in [0.4, 0.5) is 5.69 Å². The van der Waals surface area contributed by atoms with Crippen LogP contribution in [0.3, 0.4) is 0 Å². The number of hydrogen-bond donors (Lipinski definition) is 0. The highest BCUT2D eigenvalue weighted by molar-refractivity contribution is 5.90. The highest BCUT2D eigenvalue weighted by Crippen LogP contribution is 2.24. The molecule has 0 saturated heterocycles. The van der Waals surface area contributed by atoms with Crippen molar-refractivity contribution in [2.24, 2.45) is 0 Å². The number of methoxy groups -OCH3 is 1. The molecular weight excluding hydrogens is 326 g/mol. The summed E-state index contributed by atoms with van der Waals surface area (Å²) in [6, 6.07) is 7.70. The minimum absolute atomic E-state index is 0.0110. The normalized spacial score (nSPS) is 11.2. The lowest BCUT2D eigenvalue weighted by Crippen LogP contribution is -2.03. The first kappa shape index (κ1) is 15.0. The molecule has 0 bridgehead atoms. The van der Waals surface area contributed by atoms with Crippen LogP contribution in [0.5, 0.6) is 5.88 Å². The van der Waals surface area contributed by atoms with Gasteiger partial charge in [-0.25, -0.2) is 14.5 Å². The van der Waals surface area contributed by atoms with Gasteiger partial charge in [0.15, 0.2) is 11.5 Å². The number of nitrogens with zero attached hydrogens (tertiary/aromatic N) is 7. The maximum absolute atomic E-state index is 10.9. The Balaban J connectivity index is 1.61. The number of para-hydroxylation sites is 1. The first-order chi connectivity index (χ1) is 12.2. The maximum atomic E-state index is 10.9. The summed E-state index contributed by atoms with van der Waals surface area (Å²) in [7, 11) is 1.35. The monoisotopic (exact) mass is 339 g/mol. The second-order valence-corrected chi connectivity index (χ2v) is 5.35. The molecule has 0 aliphatic carbocycles. The summed E-state index contributed by atoms with van der Waals surface area (Å²) in [4.78, 5) is 19.3. The highest BCUT2D eigenvalue weighted by Gasteiger charge is 2.20. The summed E-state index contributed by atoms with van der Waals surface area (Å²) in [6.45, 7) is 0.395. The van der Waals surface area contributed by atoms with Gasteiger partial charge in [0.25, 0.3) is 0 Å². The van der Waals surface area contributed by atoms with Gasteiger partial charge >= 0.3 is 11.6 Å². The molecule has 0 aliphatic heterocycles. The lowest BCUT2D eigenvalue weighted by atomic mass is 10.2. The summed E-state index contributed by atoms with van der Waals surface area (Å²) in [5.74, 6) is 0.596. The Morgan fingerprint density at radius 2 is 2.12 bits per heavy atom. The molecule has 0 unspecified atom stereocenters. The summed E-state index contributed by atoms with van der Waals surface area (Å²) < 4.78 is 8.00. The van der Waals surface area contributed by atoms with Crippen molar-refractivity contribution in [3.05, 3.63) is 52.7 Å². The van der Waals surface area contributed by atoms with Crippen LogP contribution in [-0.2, 0) is 13.0 Å². The number of ether oxygens (including phenoxy) is 1. The predicted molar refractivity (Wildman–Crippen MR) is 87.4 cm³/mol. The molecule has 0 N–H and O–H groups in total. The fraction of sp³-hybridized carbons (Fsp3) is 0.200. The Morgan fingerprint density at radius 3 is 2.88 bits per heavy atom. The zero-order chi connectivity index (χ0) is 17.4. The zero-order valence-corrected chi connectivity index (χ0v) is 13.2. The second-order valence-electron chi connectivity index (χ2n) is 5.35. The van der Waals surface area contributed by atoms with Gasteiger partial charge in [0.05, 0.1) is 17.5 Å². The zero-order valence-electron chi connectivity index (χ0n) is 13.2. The smallest absolute Gasteiger partial charge is 0.350 e. The van der Waals surface area contributed by atoms with Crippen LogP contribution < -0.4 is 4.74 Å². The molecule has 0 radical (unpaired) electrons. The molecule has 3 heterocycles. The highest BCUT2D eigenvalue weighted by atomic mass is 16.6. The van der Waals surface area contributed by atoms with Gasteiger partial charge in [-0.1, -0.05) is 12.1 Å². The number of aryl methyl sites for hydroxylation is 2. The van der Waals surface area contributed by atoms with E-state index in [4.69, 9.17) is 4.74 Å². The number of nitro groups is 1. The maximum Gasteiger partial charge on any atom is 0.350 e. The van der Waals surface area contributed by atoms with Crippen molar-refractivity contribution in [1.29, 1.82) is 0 Å². The molecular formula is C15H13N7O3. The van der Waals surface area contributed by atoms with Gasteiger partial charge in [0, 0.05) is 18.4 Å². The van der Waals surface area contributed by atoms with E-state index >= 15 is 0 Å². The topological polar surface area (TPSA) is 113 Å². The van der Waals surface area contributed by atoms with Gasteiger partial charge in [-0.15, -0.1) is 10.2 Å². The van der Waals surface area contributed by atoms with E-state index < -0.39 is 4.92 Å². The lowest BCUT2D eigenvalue weighted by molar-refractivity contribution is -0.385. The van der Waals surface area contributed by atoms with Gasteiger partial charge in [0.2, 0.25) is 0 Å². The van der Waals surface area contributed by atoms with E-state index in [0.717, 1.165) is 16.6 Å². The summed E-state index contributed by atoms with van der Waals surface area (Å²) in [5.41, 5.74) is 1.41. The third-order valence-corrected chi connectivity index (χ3v) is 3.79. The van der Waals surface area contributed by atoms with Gasteiger partial charge in [0.1, 0.15) is 12.5 Å². The van der Waals surface area contributed by atoms with Crippen LogP contribution in [-0.4, -0.2) is 41.4 Å². The molecule has 4 aromatic rings. The van der Waals surface area contributed by atoms with Crippen molar-refractivity contribution in [1.82, 2.24) is 29.4 Å². The van der Waals surface area contributed by atoms with Crippen molar-refractivity contribution in [3.63, 3.8) is 0 Å². The van der Waals surface area contributed by atoms with Gasteiger partial charge in [-0.3, -0.25) is 14.8 Å². The molecule has 126 valence electrons. The molecule has 4 rings (SSSR count). The van der Waals surface area contributed by atoms with Gasteiger partial charge in [-0.2, -0.15) is 0 Å². The van der Waals surface area contributed by atoms with Crippen molar-refractivity contribution < 1.29 is 9.66 Å². The quantitative estimate of drug-likeness (QED) is 0.401. The predicted octanol–water partition coefficient (Wildman–Crippen LogP) is 1.63. The van der Waals surface area contributed by atoms with E-state index in [1.54, 1.807) is 10.8 Å². The molecule has 0 saturated carbocycles. The van der Waals surface area contributed by atoms with Gasteiger partial charge in [-0.05, 0) is 12.1 Å². The van der Waals surface area contributed by atoms with Crippen molar-refractivity contribution >= 4 is 22.2 Å². The molecule has 0 amide bonds. The van der Waals surface area contributed by atoms with Crippen molar-refractivity contribution in [2.75, 3.05) is 7.11 Å². The molecule has 3 aromatic heterocycles. The van der Waals surface area contributed by atoms with E-state index in [1.807, 2.05) is 24.3 Å². The van der Waals surface area contributed by atoms with Crippen molar-refractivity contribution in [2.45, 2.75) is 13.0 Å². The Labute approximate surface area is 140 Å². The molecule has 10 nitrogen and oxygen atoms in total. The van der Waals surface area contributed by atoms with E-state index in [1.165, 1.54) is 18.0 Å². The largest absolute Gasteiger partial charge is 0.475 e. The van der Waals surface area contributed by atoms with Crippen LogP contribution in [0.25, 0.3) is 16.6 Å². The molecule has 0 fully saturated rings. The number of rotatable bonds is 5. The van der Waals surface area contributed by atoms with E-state index in [0.29, 0.717) is 18.8 Å². The first-order valence-corrected chi connectivity index (χ1v) is 7.50. The lowest BCUT2D eigenvalue weighted by Gasteiger charge is -1.96. The van der Waals surface area contributed by atoms with Crippen LogP contribution >= 0.6 is 0 Å². The van der Waals surface area contributed by atoms with Crippen LogP contribution in [0.2, 0.25) is 0 Å². The van der Waals surface area contributed by atoms with Crippen LogP contribution in [0.15, 0.2) is 36.8 Å². The fourth-order valence-corrected chi connectivity index (χ4v) is 2.62. The number of aromatic nitrogens is 6. The molecule has 10 heteroatoms. The average Bonchev–Trinajstić information content (AvgIpc) is 3.23. The van der Waals surface area contributed by atoms with Gasteiger partial charge < -0.3 is 4.74 Å². The van der Waals surface area contributed by atoms with E-state index in [9.17, 15) is 10.1 Å². The summed E-state index contributed by atoms with van der Waals surface area (Å²) >= 11 is 0. The Kier molecular flexibility index (Phi) is 3.49. The Morgan fingerprint density at radius 1 is 1.28 bits per heavy atom. The molecule has 0 aliphatic rings. The third kappa shape index (κ3) is 2.63. The van der Waals surface area contributed by atoms with E-state index in [-0.39, 0.29) is 11.6 Å². The Hall–Kier alpha value is -3.56. The third-order valence-electron chi connectivity index (χ3n) is 3.79. The Bertz CT molecular complexity index is 1090. The molecule has 1 aromatic carbocycles. The summed E-state index contributed by atoms with van der Waals surface area (Å²) in [6.07, 6.45) is 3.43. The molecule has 0 atom stereocenters. The number of benzene rings is 1. The second kappa shape index (κ2) is 5.82. The standard InChI is InChI=1S/C15H13N7O3/c1-25-15-12(22(23)24)8-20(19-15)7-6-13-17-14-10-4-2-3-5-11(10)16-9-21(14)18-13/h2-5,8-9H,6-7H2,1H3. The fourth-order valence-electron chi connectivity index (χ4n) is 2.62. The van der Waals surface area contributed by atoms with E-state index in [2.05, 4.69) is 20.2 Å². The van der Waals surface area contributed by atoms with Crippen LogP contribution in [0, 0.1) is 10.1 Å². The molecule has 25 heavy (non-hydrogen) atoms. The number of hydrogen-bond acceptors (Lipinski definition) is 7. The van der Waals surface area contributed by atoms with Crippen molar-refractivity contribution in [3.8, 4) is 5.88 Å². The van der Waals surface area contributed by atoms with Crippen LogP contribution in [0.1, 0.15) is 5.82 Å². The minimum Gasteiger partial charge on any atom is -0.475 e. The SMILES string of the molecule is COc1nn(CCc2nc3c4ccccc4ncn3n2)cc1[N+](=O)[O-]. The molecule has 0 spiro atoms. The average molecular weight is 339 g/mol. The first-order valence-electron chi connectivity index (χ1n) is 7.50.